The van der Waals surface area contributed by atoms with Gasteiger partial charge < -0.3 is 19.3 Å². The first-order chi connectivity index (χ1) is 14.8. The number of carbonyl (C=O) groups is 1. The molecule has 3 aliphatic rings. The van der Waals surface area contributed by atoms with E-state index < -0.39 is 0 Å². The van der Waals surface area contributed by atoms with Crippen LogP contribution in [0.15, 0.2) is 24.3 Å². The van der Waals surface area contributed by atoms with Gasteiger partial charge in [0.05, 0.1) is 11.0 Å². The van der Waals surface area contributed by atoms with Crippen LogP contribution in [-0.2, 0) is 11.3 Å². The van der Waals surface area contributed by atoms with Gasteiger partial charge >= 0.3 is 0 Å². The molecule has 1 aromatic heterocycles. The lowest BCUT2D eigenvalue weighted by molar-refractivity contribution is -0.135. The van der Waals surface area contributed by atoms with Gasteiger partial charge in [-0.2, -0.15) is 0 Å². The van der Waals surface area contributed by atoms with Crippen molar-refractivity contribution in [3.63, 3.8) is 0 Å². The second-order valence-corrected chi connectivity index (χ2v) is 9.25. The van der Waals surface area contributed by atoms with Gasteiger partial charge in [-0.05, 0) is 63.7 Å². The summed E-state index contributed by atoms with van der Waals surface area (Å²) in [6.07, 6.45) is 8.28. The lowest BCUT2D eigenvalue weighted by atomic mass is 9.95. The first kappa shape index (κ1) is 19.9. The fourth-order valence-electron chi connectivity index (χ4n) is 5.47. The molecule has 0 saturated carbocycles. The van der Waals surface area contributed by atoms with Crippen molar-refractivity contribution in [3.05, 3.63) is 24.3 Å². The number of benzene rings is 1. The number of anilines is 1. The first-order valence-electron chi connectivity index (χ1n) is 12.0. The quantitative estimate of drug-likeness (QED) is 0.760. The van der Waals surface area contributed by atoms with Crippen LogP contribution in [0.2, 0.25) is 0 Å². The zero-order valence-electron chi connectivity index (χ0n) is 18.1. The zero-order chi connectivity index (χ0) is 20.3. The van der Waals surface area contributed by atoms with Gasteiger partial charge in [0.1, 0.15) is 0 Å². The van der Waals surface area contributed by atoms with Crippen molar-refractivity contribution in [1.29, 1.82) is 0 Å². The molecule has 0 atom stereocenters. The van der Waals surface area contributed by atoms with E-state index in [9.17, 15) is 4.79 Å². The number of imidazole rings is 1. The normalized spacial score (nSPS) is 21.6. The third-order valence-corrected chi connectivity index (χ3v) is 7.27. The van der Waals surface area contributed by atoms with Crippen LogP contribution in [0.4, 0.5) is 5.95 Å². The molecule has 0 unspecified atom stereocenters. The summed E-state index contributed by atoms with van der Waals surface area (Å²) in [5.74, 6) is 1.69. The van der Waals surface area contributed by atoms with Crippen LogP contribution in [0.5, 0.6) is 0 Å². The van der Waals surface area contributed by atoms with E-state index in [0.717, 1.165) is 63.6 Å². The molecule has 30 heavy (non-hydrogen) atoms. The van der Waals surface area contributed by atoms with E-state index in [1.54, 1.807) is 0 Å². The van der Waals surface area contributed by atoms with E-state index in [1.807, 2.05) is 0 Å². The SMILES string of the molecule is O=C(C1CCN(c2nc3ccccc3n2CCN2CCCCC2)CC1)N1CCCC1. The molecule has 0 spiro atoms. The Balaban J connectivity index is 1.29. The predicted octanol–water partition coefficient (Wildman–Crippen LogP) is 3.36. The van der Waals surface area contributed by atoms with Gasteiger partial charge in [0.15, 0.2) is 0 Å². The summed E-state index contributed by atoms with van der Waals surface area (Å²) in [6.45, 7) is 8.32. The monoisotopic (exact) mass is 409 g/mol. The number of amides is 1. The number of likely N-dealkylation sites (tertiary alicyclic amines) is 2. The summed E-state index contributed by atoms with van der Waals surface area (Å²) in [6, 6.07) is 8.52. The Kier molecular flexibility index (Phi) is 5.93. The average molecular weight is 410 g/mol. The van der Waals surface area contributed by atoms with Gasteiger partial charge in [-0.1, -0.05) is 18.6 Å². The molecule has 0 aliphatic carbocycles. The Morgan fingerprint density at radius 2 is 1.57 bits per heavy atom. The van der Waals surface area contributed by atoms with E-state index in [-0.39, 0.29) is 5.92 Å². The van der Waals surface area contributed by atoms with Crippen LogP contribution in [-0.4, -0.2) is 71.1 Å². The fraction of sp³-hybridized carbons (Fsp3) is 0.667. The second kappa shape index (κ2) is 8.96. The third kappa shape index (κ3) is 4.07. The number of para-hydroxylation sites is 2. The van der Waals surface area contributed by atoms with Crippen LogP contribution in [0, 0.1) is 5.92 Å². The molecule has 2 aromatic rings. The topological polar surface area (TPSA) is 44.6 Å². The molecular formula is C24H35N5O. The smallest absolute Gasteiger partial charge is 0.225 e. The Labute approximate surface area is 179 Å². The number of hydrogen-bond donors (Lipinski definition) is 0. The standard InChI is InChI=1S/C24H35N5O/c30-23(27-14-6-7-15-27)20-10-16-28(17-11-20)24-25-21-8-2-3-9-22(21)29(24)19-18-26-12-4-1-5-13-26/h2-3,8-9,20H,1,4-7,10-19H2. The van der Waals surface area contributed by atoms with Crippen molar-refractivity contribution < 1.29 is 4.79 Å². The Hall–Kier alpha value is -2.08. The van der Waals surface area contributed by atoms with Crippen LogP contribution in [0.1, 0.15) is 44.9 Å². The maximum absolute atomic E-state index is 12.8. The summed E-state index contributed by atoms with van der Waals surface area (Å²) >= 11 is 0. The van der Waals surface area contributed by atoms with Gasteiger partial charge in [0, 0.05) is 45.2 Å². The van der Waals surface area contributed by atoms with Crippen LogP contribution in [0.25, 0.3) is 11.0 Å². The number of nitrogens with zero attached hydrogens (tertiary/aromatic N) is 5. The molecule has 1 amide bonds. The van der Waals surface area contributed by atoms with Crippen molar-refractivity contribution in [1.82, 2.24) is 19.4 Å². The maximum Gasteiger partial charge on any atom is 0.225 e. The molecule has 6 heteroatoms. The van der Waals surface area contributed by atoms with Gasteiger partial charge in [0.25, 0.3) is 0 Å². The van der Waals surface area contributed by atoms with Crippen molar-refractivity contribution in [2.24, 2.45) is 5.92 Å². The van der Waals surface area contributed by atoms with Crippen LogP contribution < -0.4 is 4.90 Å². The molecule has 4 heterocycles. The molecule has 1 aromatic carbocycles. The number of rotatable bonds is 5. The molecule has 0 bridgehead atoms. The molecular weight excluding hydrogens is 374 g/mol. The summed E-state index contributed by atoms with van der Waals surface area (Å²) < 4.78 is 2.42. The van der Waals surface area contributed by atoms with E-state index in [4.69, 9.17) is 4.98 Å². The number of hydrogen-bond acceptors (Lipinski definition) is 4. The highest BCUT2D eigenvalue weighted by atomic mass is 16.2. The molecule has 162 valence electrons. The number of piperidine rings is 2. The Morgan fingerprint density at radius 3 is 2.33 bits per heavy atom. The minimum Gasteiger partial charge on any atom is -0.342 e. The molecule has 0 radical (unpaired) electrons. The van der Waals surface area contributed by atoms with Crippen molar-refractivity contribution in [2.75, 3.05) is 50.7 Å². The van der Waals surface area contributed by atoms with Gasteiger partial charge in [-0.3, -0.25) is 4.79 Å². The Bertz CT molecular complexity index is 858. The molecule has 0 N–H and O–H groups in total. The largest absolute Gasteiger partial charge is 0.342 e. The molecule has 3 aliphatic heterocycles. The van der Waals surface area contributed by atoms with Crippen LogP contribution >= 0.6 is 0 Å². The molecule has 6 nitrogen and oxygen atoms in total. The number of fused-ring (bicyclic) bond motifs is 1. The minimum atomic E-state index is 0.200. The van der Waals surface area contributed by atoms with E-state index >= 15 is 0 Å². The second-order valence-electron chi connectivity index (χ2n) is 9.25. The zero-order valence-corrected chi connectivity index (χ0v) is 18.1. The maximum atomic E-state index is 12.8. The Morgan fingerprint density at radius 1 is 0.867 bits per heavy atom. The molecule has 3 saturated heterocycles. The summed E-state index contributed by atoms with van der Waals surface area (Å²) in [7, 11) is 0. The number of aromatic nitrogens is 2. The first-order valence-corrected chi connectivity index (χ1v) is 12.0. The fourth-order valence-corrected chi connectivity index (χ4v) is 5.47. The highest BCUT2D eigenvalue weighted by molar-refractivity contribution is 5.80. The average Bonchev–Trinajstić information content (AvgIpc) is 3.46. The summed E-state index contributed by atoms with van der Waals surface area (Å²) in [5, 5.41) is 0. The van der Waals surface area contributed by atoms with Gasteiger partial charge in [-0.25, -0.2) is 4.98 Å². The van der Waals surface area contributed by atoms with E-state index in [1.165, 1.54) is 50.7 Å². The summed E-state index contributed by atoms with van der Waals surface area (Å²) in [5.41, 5.74) is 2.32. The van der Waals surface area contributed by atoms with Crippen molar-refractivity contribution in [2.45, 2.75) is 51.5 Å². The van der Waals surface area contributed by atoms with Crippen molar-refractivity contribution in [3.8, 4) is 0 Å². The van der Waals surface area contributed by atoms with Crippen molar-refractivity contribution >= 4 is 22.9 Å². The summed E-state index contributed by atoms with van der Waals surface area (Å²) in [4.78, 5) is 24.9. The predicted molar refractivity (Wildman–Crippen MR) is 121 cm³/mol. The minimum absolute atomic E-state index is 0.200. The molecule has 5 rings (SSSR count). The number of carbonyl (C=O) groups excluding carboxylic acids is 1. The third-order valence-electron chi connectivity index (χ3n) is 7.27. The van der Waals surface area contributed by atoms with Crippen LogP contribution in [0.3, 0.4) is 0 Å². The highest BCUT2D eigenvalue weighted by Crippen LogP contribution is 2.28. The van der Waals surface area contributed by atoms with E-state index in [2.05, 4.69) is 43.5 Å². The van der Waals surface area contributed by atoms with E-state index in [0.29, 0.717) is 5.91 Å². The van der Waals surface area contributed by atoms with Gasteiger partial charge in [-0.15, -0.1) is 0 Å². The van der Waals surface area contributed by atoms with Gasteiger partial charge in [0.2, 0.25) is 11.9 Å². The lowest BCUT2D eigenvalue weighted by Crippen LogP contribution is -2.42. The molecule has 3 fully saturated rings. The highest BCUT2D eigenvalue weighted by Gasteiger charge is 2.31. The lowest BCUT2D eigenvalue weighted by Gasteiger charge is -2.34.